The normalized spacial score (nSPS) is 19.1. The maximum atomic E-state index is 13.5. The number of hydrogen-bond acceptors (Lipinski definition) is 3. The van der Waals surface area contributed by atoms with Crippen molar-refractivity contribution in [3.8, 4) is 5.75 Å². The lowest BCUT2D eigenvalue weighted by atomic mass is 10.3. The van der Waals surface area contributed by atoms with Crippen LogP contribution in [0.25, 0.3) is 0 Å². The molecular formula is C13H17FN2O3. The lowest BCUT2D eigenvalue weighted by Gasteiger charge is -2.31. The van der Waals surface area contributed by atoms with E-state index >= 15 is 0 Å². The van der Waals surface area contributed by atoms with E-state index in [1.165, 1.54) is 19.2 Å². The van der Waals surface area contributed by atoms with Gasteiger partial charge in [-0.3, -0.25) is 0 Å². The number of carbonyl (C=O) groups excluding carboxylic acids is 1. The number of morpholine rings is 1. The molecule has 1 saturated heterocycles. The number of ether oxygens (including phenoxy) is 2. The van der Waals surface area contributed by atoms with E-state index in [0.29, 0.717) is 25.4 Å². The van der Waals surface area contributed by atoms with Crippen molar-refractivity contribution in [2.75, 3.05) is 32.1 Å². The highest BCUT2D eigenvalue weighted by molar-refractivity contribution is 5.89. The molecule has 1 fully saturated rings. The number of anilines is 1. The molecule has 19 heavy (non-hydrogen) atoms. The van der Waals surface area contributed by atoms with E-state index < -0.39 is 5.82 Å². The topological polar surface area (TPSA) is 50.8 Å². The Morgan fingerprint density at radius 3 is 3.00 bits per heavy atom. The number of amides is 2. The summed E-state index contributed by atoms with van der Waals surface area (Å²) in [5, 5.41) is 2.66. The third kappa shape index (κ3) is 3.35. The van der Waals surface area contributed by atoms with E-state index in [1.54, 1.807) is 11.0 Å². The molecule has 1 unspecified atom stereocenters. The predicted octanol–water partition coefficient (Wildman–Crippen LogP) is 2.09. The Balaban J connectivity index is 2.00. The summed E-state index contributed by atoms with van der Waals surface area (Å²) in [6.07, 6.45) is 0.0205. The van der Waals surface area contributed by atoms with Crippen LogP contribution in [-0.2, 0) is 4.74 Å². The van der Waals surface area contributed by atoms with Crippen molar-refractivity contribution < 1.29 is 18.7 Å². The molecule has 0 aliphatic carbocycles. The van der Waals surface area contributed by atoms with Crippen LogP contribution in [0.15, 0.2) is 18.2 Å². The Morgan fingerprint density at radius 2 is 2.37 bits per heavy atom. The molecule has 1 aliphatic rings. The first-order valence-corrected chi connectivity index (χ1v) is 6.11. The van der Waals surface area contributed by atoms with E-state index in [4.69, 9.17) is 9.47 Å². The van der Waals surface area contributed by atoms with Gasteiger partial charge in [-0.2, -0.15) is 0 Å². The molecule has 1 aliphatic heterocycles. The second-order valence-corrected chi connectivity index (χ2v) is 4.41. The van der Waals surface area contributed by atoms with Crippen LogP contribution in [0.4, 0.5) is 14.9 Å². The van der Waals surface area contributed by atoms with Gasteiger partial charge >= 0.3 is 6.03 Å². The number of rotatable bonds is 2. The van der Waals surface area contributed by atoms with Crippen LogP contribution in [0, 0.1) is 5.82 Å². The van der Waals surface area contributed by atoms with Gasteiger partial charge in [0.1, 0.15) is 0 Å². The van der Waals surface area contributed by atoms with Crippen LogP contribution >= 0.6 is 0 Å². The molecule has 5 nitrogen and oxygen atoms in total. The van der Waals surface area contributed by atoms with Gasteiger partial charge in [-0.1, -0.05) is 0 Å². The van der Waals surface area contributed by atoms with Crippen molar-refractivity contribution in [2.45, 2.75) is 13.0 Å². The third-order valence-electron chi connectivity index (χ3n) is 2.93. The van der Waals surface area contributed by atoms with Crippen LogP contribution in [0.5, 0.6) is 5.75 Å². The maximum absolute atomic E-state index is 13.5. The number of nitrogens with one attached hydrogen (secondary N) is 1. The number of benzene rings is 1. The first-order chi connectivity index (χ1) is 9.10. The quantitative estimate of drug-likeness (QED) is 0.893. The molecule has 104 valence electrons. The van der Waals surface area contributed by atoms with Crippen molar-refractivity contribution in [1.29, 1.82) is 0 Å². The SMILES string of the molecule is COc1ccc(NC(=O)N2CCOC(C)C2)cc1F. The van der Waals surface area contributed by atoms with Crippen LogP contribution in [0.1, 0.15) is 6.92 Å². The predicted molar refractivity (Wildman–Crippen MR) is 69.0 cm³/mol. The fraction of sp³-hybridized carbons (Fsp3) is 0.462. The van der Waals surface area contributed by atoms with Gasteiger partial charge in [0, 0.05) is 24.8 Å². The minimum Gasteiger partial charge on any atom is -0.494 e. The van der Waals surface area contributed by atoms with Crippen molar-refractivity contribution in [2.24, 2.45) is 0 Å². The summed E-state index contributed by atoms with van der Waals surface area (Å²) in [5.41, 5.74) is 0.405. The van der Waals surface area contributed by atoms with Crippen molar-refractivity contribution in [3.63, 3.8) is 0 Å². The fourth-order valence-electron chi connectivity index (χ4n) is 1.95. The number of nitrogens with zero attached hydrogens (tertiary/aromatic N) is 1. The summed E-state index contributed by atoms with van der Waals surface area (Å²) in [4.78, 5) is 13.6. The average molecular weight is 268 g/mol. The van der Waals surface area contributed by atoms with Gasteiger partial charge in [-0.05, 0) is 19.1 Å². The minimum atomic E-state index is -0.504. The van der Waals surface area contributed by atoms with E-state index in [0.717, 1.165) is 0 Å². The largest absolute Gasteiger partial charge is 0.494 e. The highest BCUT2D eigenvalue weighted by atomic mass is 19.1. The number of urea groups is 1. The van der Waals surface area contributed by atoms with Crippen LogP contribution in [0.2, 0.25) is 0 Å². The number of methoxy groups -OCH3 is 1. The number of hydrogen-bond donors (Lipinski definition) is 1. The van der Waals surface area contributed by atoms with Gasteiger partial charge < -0.3 is 19.7 Å². The smallest absolute Gasteiger partial charge is 0.322 e. The molecule has 1 N–H and O–H groups in total. The second kappa shape index (κ2) is 5.88. The number of carbonyl (C=O) groups is 1. The molecular weight excluding hydrogens is 251 g/mol. The van der Waals surface area contributed by atoms with Crippen LogP contribution in [0.3, 0.4) is 0 Å². The summed E-state index contributed by atoms with van der Waals surface area (Å²) in [5.74, 6) is -0.353. The molecule has 0 spiro atoms. The van der Waals surface area contributed by atoms with E-state index in [9.17, 15) is 9.18 Å². The summed E-state index contributed by atoms with van der Waals surface area (Å²) in [6.45, 7) is 3.50. The van der Waals surface area contributed by atoms with E-state index in [1.807, 2.05) is 6.92 Å². The molecule has 0 aromatic heterocycles. The molecule has 1 heterocycles. The minimum absolute atomic E-state index is 0.0205. The van der Waals surface area contributed by atoms with Gasteiger partial charge in [0.05, 0.1) is 19.8 Å². The average Bonchev–Trinajstić information content (AvgIpc) is 2.39. The van der Waals surface area contributed by atoms with Crippen molar-refractivity contribution >= 4 is 11.7 Å². The van der Waals surface area contributed by atoms with E-state index in [2.05, 4.69) is 5.32 Å². The Morgan fingerprint density at radius 1 is 1.58 bits per heavy atom. The third-order valence-corrected chi connectivity index (χ3v) is 2.93. The Kier molecular flexibility index (Phi) is 4.21. The lowest BCUT2D eigenvalue weighted by Crippen LogP contribution is -2.46. The molecule has 6 heteroatoms. The van der Waals surface area contributed by atoms with Gasteiger partial charge in [0.15, 0.2) is 11.6 Å². The monoisotopic (exact) mass is 268 g/mol. The highest BCUT2D eigenvalue weighted by Crippen LogP contribution is 2.21. The molecule has 0 bridgehead atoms. The van der Waals surface area contributed by atoms with Crippen molar-refractivity contribution in [3.05, 3.63) is 24.0 Å². The fourth-order valence-corrected chi connectivity index (χ4v) is 1.95. The highest BCUT2D eigenvalue weighted by Gasteiger charge is 2.21. The Hall–Kier alpha value is -1.82. The summed E-state index contributed by atoms with van der Waals surface area (Å²) >= 11 is 0. The van der Waals surface area contributed by atoms with Crippen LogP contribution in [-0.4, -0.2) is 43.8 Å². The first-order valence-electron chi connectivity index (χ1n) is 6.11. The molecule has 0 saturated carbocycles. The summed E-state index contributed by atoms with van der Waals surface area (Å²) < 4.78 is 23.7. The second-order valence-electron chi connectivity index (χ2n) is 4.41. The zero-order valence-corrected chi connectivity index (χ0v) is 11.0. The summed E-state index contributed by atoms with van der Waals surface area (Å²) in [6, 6.07) is 4.07. The molecule has 0 radical (unpaired) electrons. The molecule has 2 rings (SSSR count). The lowest BCUT2D eigenvalue weighted by molar-refractivity contribution is -0.00138. The molecule has 1 aromatic carbocycles. The zero-order valence-electron chi connectivity index (χ0n) is 11.0. The van der Waals surface area contributed by atoms with Gasteiger partial charge in [-0.15, -0.1) is 0 Å². The standard InChI is InChI=1S/C13H17FN2O3/c1-9-8-16(5-6-19-9)13(17)15-10-3-4-12(18-2)11(14)7-10/h3-4,7,9H,5-6,8H2,1-2H3,(H,15,17). The van der Waals surface area contributed by atoms with Gasteiger partial charge in [-0.25, -0.2) is 9.18 Å². The Bertz CT molecular complexity index is 467. The number of halogens is 1. The molecule has 2 amide bonds. The molecule has 1 atom stereocenters. The van der Waals surface area contributed by atoms with E-state index in [-0.39, 0.29) is 17.9 Å². The van der Waals surface area contributed by atoms with Gasteiger partial charge in [0.2, 0.25) is 0 Å². The maximum Gasteiger partial charge on any atom is 0.322 e. The van der Waals surface area contributed by atoms with Crippen LogP contribution < -0.4 is 10.1 Å². The first kappa shape index (κ1) is 13.6. The zero-order chi connectivity index (χ0) is 13.8. The Labute approximate surface area is 111 Å². The van der Waals surface area contributed by atoms with Gasteiger partial charge in [0.25, 0.3) is 0 Å². The van der Waals surface area contributed by atoms with Crippen molar-refractivity contribution in [1.82, 2.24) is 4.90 Å². The summed E-state index contributed by atoms with van der Waals surface area (Å²) in [7, 11) is 1.39. The molecule has 1 aromatic rings.